The minimum atomic E-state index is -0.0445. The number of aromatic nitrogens is 2. The zero-order valence-corrected chi connectivity index (χ0v) is 24.5. The van der Waals surface area contributed by atoms with Crippen molar-refractivity contribution in [3.63, 3.8) is 0 Å². The summed E-state index contributed by atoms with van der Waals surface area (Å²) >= 11 is 0. The molecule has 3 nitrogen and oxygen atoms in total. The van der Waals surface area contributed by atoms with Crippen LogP contribution in [0.25, 0.3) is 56.2 Å². The second kappa shape index (κ2) is 10.7. The Bertz CT molecular complexity index is 2030. The topological polar surface area (TPSA) is 49.6 Å². The number of hydrogen-bond acceptors (Lipinski definition) is 3. The third kappa shape index (κ3) is 4.34. The molecule has 5 aromatic carbocycles. The summed E-state index contributed by atoms with van der Waals surface area (Å²) in [7, 11) is 0. The average molecular weight is 566 g/mol. The first-order chi connectivity index (χ1) is 21.7. The van der Waals surface area contributed by atoms with E-state index in [4.69, 9.17) is 9.97 Å². The predicted molar refractivity (Wildman–Crippen MR) is 178 cm³/mol. The van der Waals surface area contributed by atoms with E-state index in [1.807, 2.05) is 30.3 Å². The molecule has 44 heavy (non-hydrogen) atoms. The minimum absolute atomic E-state index is 0.0445. The average Bonchev–Trinajstić information content (AvgIpc) is 3.37. The number of nitriles is 1. The van der Waals surface area contributed by atoms with Crippen LogP contribution in [0.15, 0.2) is 127 Å². The highest BCUT2D eigenvalue weighted by atomic mass is 14.9. The van der Waals surface area contributed by atoms with E-state index in [9.17, 15) is 5.26 Å². The molecule has 0 aliphatic heterocycles. The van der Waals surface area contributed by atoms with Crippen LogP contribution >= 0.6 is 0 Å². The minimum Gasteiger partial charge on any atom is -0.228 e. The smallest absolute Gasteiger partial charge is 0.160 e. The van der Waals surface area contributed by atoms with Gasteiger partial charge < -0.3 is 0 Å². The van der Waals surface area contributed by atoms with Gasteiger partial charge in [0.25, 0.3) is 0 Å². The molecule has 3 heteroatoms. The Morgan fingerprint density at radius 3 is 1.91 bits per heavy atom. The summed E-state index contributed by atoms with van der Waals surface area (Å²) in [5, 5.41) is 9.80. The number of benzene rings is 5. The van der Waals surface area contributed by atoms with Crippen molar-refractivity contribution < 1.29 is 0 Å². The maximum Gasteiger partial charge on any atom is 0.160 e. The van der Waals surface area contributed by atoms with E-state index in [2.05, 4.69) is 103 Å². The Labute approximate surface area is 258 Å². The van der Waals surface area contributed by atoms with Crippen molar-refractivity contribution in [2.24, 2.45) is 0 Å². The van der Waals surface area contributed by atoms with Gasteiger partial charge in [-0.15, -0.1) is 0 Å². The molecular weight excluding hydrogens is 534 g/mol. The van der Waals surface area contributed by atoms with Gasteiger partial charge in [0.05, 0.1) is 23.0 Å². The molecule has 0 N–H and O–H groups in total. The predicted octanol–water partition coefficient (Wildman–Crippen LogP) is 10.2. The molecule has 1 aromatic heterocycles. The van der Waals surface area contributed by atoms with Gasteiger partial charge in [0.15, 0.2) is 5.82 Å². The van der Waals surface area contributed by atoms with Crippen molar-refractivity contribution >= 4 is 0 Å². The lowest BCUT2D eigenvalue weighted by atomic mass is 9.67. The summed E-state index contributed by atoms with van der Waals surface area (Å²) in [5.41, 5.74) is 13.3. The normalized spacial score (nSPS) is 14.5. The maximum atomic E-state index is 9.80. The summed E-state index contributed by atoms with van der Waals surface area (Å²) in [5.74, 6) is 0.716. The standard InChI is InChI=1S/C41H31N3/c42-27-28-17-22-33-36(25-28)41(23-8-3-9-24-41)35-16-10-15-34(39(33)35)38-26-37(43-40(44-38)32-13-6-2-7-14-32)31-20-18-30(19-21-31)29-11-4-1-5-12-29/h1-2,4-7,10-22,25-26H,3,8-9,23-24H2. The Kier molecular flexibility index (Phi) is 6.42. The SMILES string of the molecule is N#Cc1ccc2c(c1)C1(CCCCC1)c1cccc(-c3cc(-c4ccc(-c5ccccc5)cc4)nc(-c4ccccc4)n3)c1-2. The molecule has 6 aromatic rings. The van der Waals surface area contributed by atoms with E-state index in [1.165, 1.54) is 52.6 Å². The van der Waals surface area contributed by atoms with Gasteiger partial charge in [-0.2, -0.15) is 5.26 Å². The molecule has 0 amide bonds. The highest BCUT2D eigenvalue weighted by Crippen LogP contribution is 2.58. The molecule has 0 atom stereocenters. The molecule has 0 bridgehead atoms. The van der Waals surface area contributed by atoms with Crippen molar-refractivity contribution in [3.05, 3.63) is 144 Å². The number of hydrogen-bond donors (Lipinski definition) is 0. The first kappa shape index (κ1) is 26.3. The number of rotatable bonds is 4. The third-order valence-corrected chi connectivity index (χ3v) is 9.54. The molecule has 1 fully saturated rings. The molecule has 2 aliphatic carbocycles. The van der Waals surface area contributed by atoms with Crippen LogP contribution in [0.3, 0.4) is 0 Å². The maximum absolute atomic E-state index is 9.80. The first-order valence-corrected chi connectivity index (χ1v) is 15.5. The quantitative estimate of drug-likeness (QED) is 0.214. The van der Waals surface area contributed by atoms with E-state index in [1.54, 1.807) is 0 Å². The van der Waals surface area contributed by atoms with Gasteiger partial charge in [-0.3, -0.25) is 0 Å². The van der Waals surface area contributed by atoms with E-state index in [-0.39, 0.29) is 5.41 Å². The molecule has 210 valence electrons. The van der Waals surface area contributed by atoms with Gasteiger partial charge in [-0.1, -0.05) is 128 Å². The van der Waals surface area contributed by atoms with Crippen molar-refractivity contribution in [1.82, 2.24) is 9.97 Å². The second-order valence-corrected chi connectivity index (χ2v) is 12.0. The van der Waals surface area contributed by atoms with E-state index >= 15 is 0 Å². The van der Waals surface area contributed by atoms with Crippen LogP contribution in [0.1, 0.15) is 48.8 Å². The van der Waals surface area contributed by atoms with Crippen LogP contribution in [0.2, 0.25) is 0 Å². The summed E-state index contributed by atoms with van der Waals surface area (Å²) in [6.07, 6.45) is 5.90. The zero-order valence-electron chi connectivity index (χ0n) is 24.5. The lowest BCUT2D eigenvalue weighted by Crippen LogP contribution is -2.28. The molecule has 0 radical (unpaired) electrons. The summed E-state index contributed by atoms with van der Waals surface area (Å²) in [4.78, 5) is 10.3. The number of nitrogens with zero attached hydrogens (tertiary/aromatic N) is 3. The summed E-state index contributed by atoms with van der Waals surface area (Å²) in [6.45, 7) is 0. The summed E-state index contributed by atoms with van der Waals surface area (Å²) < 4.78 is 0. The van der Waals surface area contributed by atoms with Crippen LogP contribution in [-0.2, 0) is 5.41 Å². The van der Waals surface area contributed by atoms with Crippen LogP contribution in [0.4, 0.5) is 0 Å². The number of fused-ring (bicyclic) bond motifs is 5. The Morgan fingerprint density at radius 1 is 0.523 bits per heavy atom. The summed E-state index contributed by atoms with van der Waals surface area (Å²) in [6, 6.07) is 46.9. The Morgan fingerprint density at radius 2 is 1.18 bits per heavy atom. The lowest BCUT2D eigenvalue weighted by molar-refractivity contribution is 0.353. The van der Waals surface area contributed by atoms with Gasteiger partial charge in [-0.05, 0) is 64.4 Å². The molecule has 1 saturated carbocycles. The largest absolute Gasteiger partial charge is 0.228 e. The van der Waals surface area contributed by atoms with Crippen LogP contribution in [-0.4, -0.2) is 9.97 Å². The van der Waals surface area contributed by atoms with Gasteiger partial charge >= 0.3 is 0 Å². The molecule has 0 unspecified atom stereocenters. The van der Waals surface area contributed by atoms with Crippen molar-refractivity contribution in [2.45, 2.75) is 37.5 Å². The molecule has 1 spiro atoms. The van der Waals surface area contributed by atoms with Crippen molar-refractivity contribution in [3.8, 4) is 62.2 Å². The highest BCUT2D eigenvalue weighted by molar-refractivity contribution is 5.93. The Hall–Kier alpha value is -5.33. The lowest BCUT2D eigenvalue weighted by Gasteiger charge is -2.36. The van der Waals surface area contributed by atoms with Crippen LogP contribution in [0.5, 0.6) is 0 Å². The van der Waals surface area contributed by atoms with Gasteiger partial charge in [0.1, 0.15) is 0 Å². The zero-order chi connectivity index (χ0) is 29.5. The molecular formula is C41H31N3. The van der Waals surface area contributed by atoms with E-state index in [0.717, 1.165) is 46.5 Å². The molecule has 1 heterocycles. The fourth-order valence-corrected chi connectivity index (χ4v) is 7.44. The van der Waals surface area contributed by atoms with Crippen LogP contribution < -0.4 is 0 Å². The van der Waals surface area contributed by atoms with E-state index in [0.29, 0.717) is 5.82 Å². The fraction of sp³-hybridized carbons (Fsp3) is 0.146. The van der Waals surface area contributed by atoms with Crippen molar-refractivity contribution in [1.29, 1.82) is 5.26 Å². The fourth-order valence-electron chi connectivity index (χ4n) is 7.44. The Balaban J connectivity index is 1.32. The monoisotopic (exact) mass is 565 g/mol. The first-order valence-electron chi connectivity index (χ1n) is 15.5. The van der Waals surface area contributed by atoms with Gasteiger partial charge in [0, 0.05) is 22.1 Å². The van der Waals surface area contributed by atoms with Gasteiger partial charge in [0.2, 0.25) is 0 Å². The van der Waals surface area contributed by atoms with Gasteiger partial charge in [-0.25, -0.2) is 9.97 Å². The molecule has 8 rings (SSSR count). The third-order valence-electron chi connectivity index (χ3n) is 9.54. The molecule has 0 saturated heterocycles. The second-order valence-electron chi connectivity index (χ2n) is 12.0. The van der Waals surface area contributed by atoms with Crippen molar-refractivity contribution in [2.75, 3.05) is 0 Å². The van der Waals surface area contributed by atoms with E-state index < -0.39 is 0 Å². The molecule has 2 aliphatic rings. The highest BCUT2D eigenvalue weighted by Gasteiger charge is 2.44. The van der Waals surface area contributed by atoms with Crippen LogP contribution in [0, 0.1) is 11.3 Å².